The predicted octanol–water partition coefficient (Wildman–Crippen LogP) is 3.13. The Morgan fingerprint density at radius 2 is 2.15 bits per heavy atom. The van der Waals surface area contributed by atoms with Crippen LogP contribution in [0, 0.1) is 6.92 Å². The number of nitrogens with zero attached hydrogens (tertiary/aromatic N) is 2. The molecule has 1 aliphatic heterocycles. The molecule has 1 unspecified atom stereocenters. The fourth-order valence-electron chi connectivity index (χ4n) is 2.80. The van der Waals surface area contributed by atoms with Gasteiger partial charge in [-0.1, -0.05) is 12.5 Å². The SMILES string of the molecule is Cc1cccnc1CN1CCCCC1CNC(C)(C)C. The van der Waals surface area contributed by atoms with Crippen molar-refractivity contribution in [2.24, 2.45) is 0 Å². The second-order valence-electron chi connectivity index (χ2n) is 7.02. The van der Waals surface area contributed by atoms with E-state index in [0.29, 0.717) is 6.04 Å². The molecular formula is C17H29N3. The van der Waals surface area contributed by atoms with Crippen LogP contribution in [-0.4, -0.2) is 34.6 Å². The molecule has 1 atom stereocenters. The summed E-state index contributed by atoms with van der Waals surface area (Å²) in [5.74, 6) is 0. The number of piperidine rings is 1. The molecule has 20 heavy (non-hydrogen) atoms. The number of likely N-dealkylation sites (tertiary alicyclic amines) is 1. The number of hydrogen-bond acceptors (Lipinski definition) is 3. The van der Waals surface area contributed by atoms with Crippen LogP contribution in [0.1, 0.15) is 51.3 Å². The van der Waals surface area contributed by atoms with Crippen LogP contribution in [-0.2, 0) is 6.54 Å². The summed E-state index contributed by atoms with van der Waals surface area (Å²) in [7, 11) is 0. The molecule has 0 radical (unpaired) electrons. The first-order valence-electron chi connectivity index (χ1n) is 7.85. The molecule has 2 heterocycles. The lowest BCUT2D eigenvalue weighted by Crippen LogP contribution is -2.49. The fourth-order valence-corrected chi connectivity index (χ4v) is 2.80. The first kappa shape index (κ1) is 15.5. The lowest BCUT2D eigenvalue weighted by atomic mass is 10.00. The number of hydrogen-bond donors (Lipinski definition) is 1. The zero-order chi connectivity index (χ0) is 14.6. The van der Waals surface area contributed by atoms with Crippen molar-refractivity contribution in [2.75, 3.05) is 13.1 Å². The van der Waals surface area contributed by atoms with Crippen LogP contribution >= 0.6 is 0 Å². The number of aromatic nitrogens is 1. The molecule has 0 aromatic carbocycles. The van der Waals surface area contributed by atoms with Gasteiger partial charge in [-0.25, -0.2) is 0 Å². The quantitative estimate of drug-likeness (QED) is 0.915. The highest BCUT2D eigenvalue weighted by Gasteiger charge is 2.24. The summed E-state index contributed by atoms with van der Waals surface area (Å²) in [5, 5.41) is 3.66. The molecule has 1 aromatic rings. The minimum absolute atomic E-state index is 0.198. The minimum atomic E-state index is 0.198. The van der Waals surface area contributed by atoms with Gasteiger partial charge in [-0.15, -0.1) is 0 Å². The van der Waals surface area contributed by atoms with E-state index in [-0.39, 0.29) is 5.54 Å². The first-order chi connectivity index (χ1) is 9.46. The van der Waals surface area contributed by atoms with E-state index in [9.17, 15) is 0 Å². The molecule has 3 nitrogen and oxygen atoms in total. The lowest BCUT2D eigenvalue weighted by molar-refractivity contribution is 0.129. The van der Waals surface area contributed by atoms with E-state index in [1.54, 1.807) is 0 Å². The van der Waals surface area contributed by atoms with Gasteiger partial charge in [0.25, 0.3) is 0 Å². The Kier molecular flexibility index (Phi) is 5.17. The first-order valence-corrected chi connectivity index (χ1v) is 7.85. The standard InChI is InChI=1S/C17H29N3/c1-14-8-7-10-18-16(14)13-20-11-6-5-9-15(20)12-19-17(2,3)4/h7-8,10,15,19H,5-6,9,11-13H2,1-4H3. The third kappa shape index (κ3) is 4.57. The summed E-state index contributed by atoms with van der Waals surface area (Å²) in [4.78, 5) is 7.16. The van der Waals surface area contributed by atoms with E-state index in [0.717, 1.165) is 13.1 Å². The summed E-state index contributed by atoms with van der Waals surface area (Å²) in [6.45, 7) is 12.1. The molecule has 1 N–H and O–H groups in total. The predicted molar refractivity (Wildman–Crippen MR) is 84.8 cm³/mol. The van der Waals surface area contributed by atoms with Crippen molar-refractivity contribution in [3.8, 4) is 0 Å². The van der Waals surface area contributed by atoms with E-state index in [1.165, 1.54) is 37.1 Å². The largest absolute Gasteiger partial charge is 0.311 e. The summed E-state index contributed by atoms with van der Waals surface area (Å²) in [6.07, 6.45) is 5.88. The molecule has 0 saturated carbocycles. The minimum Gasteiger partial charge on any atom is -0.311 e. The monoisotopic (exact) mass is 275 g/mol. The molecule has 1 aromatic heterocycles. The number of nitrogens with one attached hydrogen (secondary N) is 1. The lowest BCUT2D eigenvalue weighted by Gasteiger charge is -2.37. The Bertz CT molecular complexity index is 422. The summed E-state index contributed by atoms with van der Waals surface area (Å²) in [6, 6.07) is 4.83. The normalized spacial score (nSPS) is 21.1. The van der Waals surface area contributed by atoms with Crippen molar-refractivity contribution in [1.29, 1.82) is 0 Å². The number of rotatable bonds is 4. The number of aryl methyl sites for hydroxylation is 1. The molecule has 0 aliphatic carbocycles. The van der Waals surface area contributed by atoms with Gasteiger partial charge in [0.05, 0.1) is 5.69 Å². The van der Waals surface area contributed by atoms with E-state index in [4.69, 9.17) is 0 Å². The van der Waals surface area contributed by atoms with E-state index in [1.807, 2.05) is 12.3 Å². The Morgan fingerprint density at radius 3 is 2.85 bits per heavy atom. The average Bonchev–Trinajstić information content (AvgIpc) is 2.39. The average molecular weight is 275 g/mol. The van der Waals surface area contributed by atoms with Crippen molar-refractivity contribution in [1.82, 2.24) is 15.2 Å². The Balaban J connectivity index is 1.98. The van der Waals surface area contributed by atoms with Crippen LogP contribution in [0.15, 0.2) is 18.3 Å². The molecular weight excluding hydrogens is 246 g/mol. The Hall–Kier alpha value is -0.930. The second-order valence-corrected chi connectivity index (χ2v) is 7.02. The van der Waals surface area contributed by atoms with Crippen molar-refractivity contribution in [3.05, 3.63) is 29.6 Å². The van der Waals surface area contributed by atoms with Crippen molar-refractivity contribution < 1.29 is 0 Å². The molecule has 0 amide bonds. The summed E-state index contributed by atoms with van der Waals surface area (Å²) >= 11 is 0. The molecule has 1 aliphatic rings. The third-order valence-electron chi connectivity index (χ3n) is 4.09. The van der Waals surface area contributed by atoms with Gasteiger partial charge < -0.3 is 5.32 Å². The van der Waals surface area contributed by atoms with Gasteiger partial charge in [-0.2, -0.15) is 0 Å². The van der Waals surface area contributed by atoms with Crippen molar-refractivity contribution in [3.63, 3.8) is 0 Å². The van der Waals surface area contributed by atoms with Gasteiger partial charge >= 0.3 is 0 Å². The van der Waals surface area contributed by atoms with Gasteiger partial charge in [0.1, 0.15) is 0 Å². The topological polar surface area (TPSA) is 28.2 Å². The molecule has 0 spiro atoms. The van der Waals surface area contributed by atoms with Gasteiger partial charge in [-0.05, 0) is 58.7 Å². The number of pyridine rings is 1. The van der Waals surface area contributed by atoms with E-state index in [2.05, 4.69) is 49.0 Å². The highest BCUT2D eigenvalue weighted by Crippen LogP contribution is 2.20. The summed E-state index contributed by atoms with van der Waals surface area (Å²) in [5.41, 5.74) is 2.74. The molecule has 112 valence electrons. The van der Waals surface area contributed by atoms with Crippen LogP contribution in [0.5, 0.6) is 0 Å². The van der Waals surface area contributed by atoms with Crippen LogP contribution < -0.4 is 5.32 Å². The molecule has 2 rings (SSSR count). The molecule has 1 saturated heterocycles. The van der Waals surface area contributed by atoms with E-state index >= 15 is 0 Å². The highest BCUT2D eigenvalue weighted by molar-refractivity contribution is 5.17. The van der Waals surface area contributed by atoms with Crippen molar-refractivity contribution >= 4 is 0 Å². The molecule has 3 heteroatoms. The van der Waals surface area contributed by atoms with Crippen LogP contribution in [0.3, 0.4) is 0 Å². The maximum Gasteiger partial charge on any atom is 0.0573 e. The smallest absolute Gasteiger partial charge is 0.0573 e. The Morgan fingerprint density at radius 1 is 1.35 bits per heavy atom. The van der Waals surface area contributed by atoms with Gasteiger partial charge in [0.2, 0.25) is 0 Å². The maximum atomic E-state index is 4.55. The third-order valence-corrected chi connectivity index (χ3v) is 4.09. The fraction of sp³-hybridized carbons (Fsp3) is 0.706. The van der Waals surface area contributed by atoms with Gasteiger partial charge in [-0.3, -0.25) is 9.88 Å². The van der Waals surface area contributed by atoms with Crippen LogP contribution in [0.2, 0.25) is 0 Å². The second kappa shape index (κ2) is 6.68. The molecule has 0 bridgehead atoms. The Labute approximate surface area is 123 Å². The van der Waals surface area contributed by atoms with Crippen LogP contribution in [0.4, 0.5) is 0 Å². The zero-order valence-corrected chi connectivity index (χ0v) is 13.4. The van der Waals surface area contributed by atoms with Gasteiger partial charge in [0, 0.05) is 30.9 Å². The highest BCUT2D eigenvalue weighted by atomic mass is 15.2. The molecule has 1 fully saturated rings. The van der Waals surface area contributed by atoms with E-state index < -0.39 is 0 Å². The van der Waals surface area contributed by atoms with Crippen LogP contribution in [0.25, 0.3) is 0 Å². The summed E-state index contributed by atoms with van der Waals surface area (Å²) < 4.78 is 0. The van der Waals surface area contributed by atoms with Gasteiger partial charge in [0.15, 0.2) is 0 Å². The zero-order valence-electron chi connectivity index (χ0n) is 13.4. The van der Waals surface area contributed by atoms with Crippen molar-refractivity contribution in [2.45, 2.75) is 65.1 Å². The maximum absolute atomic E-state index is 4.55.